The molecular weight excluding hydrogens is 508 g/mol. The highest BCUT2D eigenvalue weighted by molar-refractivity contribution is 7.99. The maximum atomic E-state index is 13.0. The van der Waals surface area contributed by atoms with E-state index in [0.29, 0.717) is 26.2 Å². The zero-order chi connectivity index (χ0) is 25.4. The number of benzene rings is 2. The summed E-state index contributed by atoms with van der Waals surface area (Å²) in [7, 11) is -7.19. The van der Waals surface area contributed by atoms with Crippen molar-refractivity contribution in [3.8, 4) is 0 Å². The van der Waals surface area contributed by atoms with Gasteiger partial charge in [-0.1, -0.05) is 11.8 Å². The van der Waals surface area contributed by atoms with Gasteiger partial charge in [-0.05, 0) is 76.2 Å². The van der Waals surface area contributed by atoms with E-state index in [9.17, 15) is 16.8 Å². The molecule has 4 unspecified atom stereocenters. The van der Waals surface area contributed by atoms with E-state index in [1.54, 1.807) is 48.5 Å². The van der Waals surface area contributed by atoms with Gasteiger partial charge in [-0.2, -0.15) is 8.61 Å². The van der Waals surface area contributed by atoms with E-state index in [1.165, 1.54) is 20.4 Å². The van der Waals surface area contributed by atoms with Crippen molar-refractivity contribution in [2.24, 2.45) is 0 Å². The molecule has 2 saturated heterocycles. The largest absolute Gasteiger partial charge is 0.373 e. The monoisotopic (exact) mass is 540 g/mol. The van der Waals surface area contributed by atoms with E-state index in [-0.39, 0.29) is 34.2 Å². The predicted octanol–water partition coefficient (Wildman–Crippen LogP) is 3.43. The fourth-order valence-electron chi connectivity index (χ4n) is 4.45. The molecule has 0 aromatic heterocycles. The van der Waals surface area contributed by atoms with Crippen LogP contribution in [0.15, 0.2) is 68.1 Å². The zero-order valence-electron chi connectivity index (χ0n) is 20.3. The summed E-state index contributed by atoms with van der Waals surface area (Å²) in [5, 5.41) is 0. The van der Waals surface area contributed by atoms with Crippen molar-refractivity contribution in [1.82, 2.24) is 8.61 Å². The number of sulfonamides is 2. The number of nitrogens with zero attached hydrogens (tertiary/aromatic N) is 2. The Morgan fingerprint density at radius 3 is 1.17 bits per heavy atom. The molecule has 35 heavy (non-hydrogen) atoms. The Labute approximate surface area is 212 Å². The summed E-state index contributed by atoms with van der Waals surface area (Å²) in [6, 6.07) is 13.5. The van der Waals surface area contributed by atoms with Gasteiger partial charge in [0.15, 0.2) is 0 Å². The van der Waals surface area contributed by atoms with Gasteiger partial charge < -0.3 is 9.47 Å². The maximum Gasteiger partial charge on any atom is 0.243 e. The lowest BCUT2D eigenvalue weighted by molar-refractivity contribution is -0.0442. The molecule has 2 fully saturated rings. The average molecular weight is 541 g/mol. The molecule has 0 saturated carbocycles. The summed E-state index contributed by atoms with van der Waals surface area (Å²) in [6.45, 7) is 8.82. The average Bonchev–Trinajstić information content (AvgIpc) is 2.78. The van der Waals surface area contributed by atoms with Crippen LogP contribution >= 0.6 is 11.8 Å². The molecule has 192 valence electrons. The van der Waals surface area contributed by atoms with Gasteiger partial charge in [-0.3, -0.25) is 0 Å². The van der Waals surface area contributed by atoms with Gasteiger partial charge in [0.2, 0.25) is 20.0 Å². The van der Waals surface area contributed by atoms with E-state index in [1.807, 2.05) is 27.7 Å². The Morgan fingerprint density at radius 2 is 0.886 bits per heavy atom. The van der Waals surface area contributed by atoms with Crippen LogP contribution in [0.4, 0.5) is 0 Å². The molecule has 0 N–H and O–H groups in total. The fraction of sp³-hybridized carbons (Fsp3) is 0.500. The Morgan fingerprint density at radius 1 is 0.600 bits per heavy atom. The van der Waals surface area contributed by atoms with Crippen LogP contribution in [0.3, 0.4) is 0 Å². The van der Waals surface area contributed by atoms with Crippen LogP contribution in [0, 0.1) is 0 Å². The van der Waals surface area contributed by atoms with Gasteiger partial charge in [0.05, 0.1) is 34.2 Å². The SMILES string of the molecule is CC1CN(S(=O)(=O)c2ccc(Sc3ccc(S(=O)(=O)N4CC(C)OC(C)C4)cc3)cc2)CC(C)O1. The number of hydrogen-bond acceptors (Lipinski definition) is 7. The zero-order valence-corrected chi connectivity index (χ0v) is 22.8. The first-order chi connectivity index (χ1) is 16.4. The van der Waals surface area contributed by atoms with Crippen LogP contribution in [0.1, 0.15) is 27.7 Å². The highest BCUT2D eigenvalue weighted by Gasteiger charge is 2.33. The highest BCUT2D eigenvalue weighted by atomic mass is 32.2. The van der Waals surface area contributed by atoms with Crippen molar-refractivity contribution in [2.75, 3.05) is 26.2 Å². The van der Waals surface area contributed by atoms with Crippen LogP contribution in [-0.4, -0.2) is 76.0 Å². The van der Waals surface area contributed by atoms with Gasteiger partial charge in [0.25, 0.3) is 0 Å². The quantitative estimate of drug-likeness (QED) is 0.554. The molecule has 4 rings (SSSR count). The second-order valence-corrected chi connectivity index (χ2v) is 14.2. The summed E-state index contributed by atoms with van der Waals surface area (Å²) in [5.74, 6) is 0. The molecule has 2 aliphatic rings. The Balaban J connectivity index is 1.44. The van der Waals surface area contributed by atoms with Crippen molar-refractivity contribution in [3.05, 3.63) is 48.5 Å². The molecule has 4 atom stereocenters. The smallest absolute Gasteiger partial charge is 0.243 e. The lowest BCUT2D eigenvalue weighted by atomic mass is 10.3. The third kappa shape index (κ3) is 6.10. The Bertz CT molecular complexity index is 1120. The minimum Gasteiger partial charge on any atom is -0.373 e. The third-order valence-electron chi connectivity index (χ3n) is 5.93. The number of rotatable bonds is 6. The lowest BCUT2D eigenvalue weighted by Gasteiger charge is -2.34. The summed E-state index contributed by atoms with van der Waals surface area (Å²) >= 11 is 1.44. The summed E-state index contributed by atoms with van der Waals surface area (Å²) in [4.78, 5) is 2.22. The number of hydrogen-bond donors (Lipinski definition) is 0. The molecule has 2 heterocycles. The minimum absolute atomic E-state index is 0.148. The third-order valence-corrected chi connectivity index (χ3v) is 10.6. The molecule has 0 amide bonds. The Kier molecular flexibility index (Phi) is 7.97. The summed E-state index contributed by atoms with van der Waals surface area (Å²) in [5.41, 5.74) is 0. The first kappa shape index (κ1) is 26.6. The molecule has 0 radical (unpaired) electrons. The Hall–Kier alpha value is -1.47. The molecule has 0 spiro atoms. The second kappa shape index (κ2) is 10.5. The van der Waals surface area contributed by atoms with Crippen LogP contribution in [0.2, 0.25) is 0 Å². The van der Waals surface area contributed by atoms with E-state index < -0.39 is 20.0 Å². The molecule has 2 aliphatic heterocycles. The van der Waals surface area contributed by atoms with Crippen molar-refractivity contribution >= 4 is 31.8 Å². The van der Waals surface area contributed by atoms with Gasteiger partial charge in [-0.25, -0.2) is 16.8 Å². The van der Waals surface area contributed by atoms with Crippen molar-refractivity contribution in [2.45, 2.75) is 71.7 Å². The maximum absolute atomic E-state index is 13.0. The van der Waals surface area contributed by atoms with Crippen LogP contribution in [0.5, 0.6) is 0 Å². The molecule has 0 bridgehead atoms. The van der Waals surface area contributed by atoms with Crippen molar-refractivity contribution < 1.29 is 26.3 Å². The molecular formula is C24H32N2O6S3. The van der Waals surface area contributed by atoms with Crippen molar-refractivity contribution in [1.29, 1.82) is 0 Å². The number of ether oxygens (including phenoxy) is 2. The minimum atomic E-state index is -3.59. The van der Waals surface area contributed by atoms with E-state index >= 15 is 0 Å². The first-order valence-corrected chi connectivity index (χ1v) is 15.3. The predicted molar refractivity (Wildman–Crippen MR) is 135 cm³/mol. The van der Waals surface area contributed by atoms with Crippen LogP contribution in [0.25, 0.3) is 0 Å². The fourth-order valence-corrected chi connectivity index (χ4v) is 8.45. The van der Waals surface area contributed by atoms with Gasteiger partial charge >= 0.3 is 0 Å². The second-order valence-electron chi connectivity index (χ2n) is 9.20. The molecule has 8 nitrogen and oxygen atoms in total. The molecule has 11 heteroatoms. The van der Waals surface area contributed by atoms with Crippen molar-refractivity contribution in [3.63, 3.8) is 0 Å². The summed E-state index contributed by atoms with van der Waals surface area (Å²) < 4.78 is 66.4. The molecule has 0 aliphatic carbocycles. The van der Waals surface area contributed by atoms with Gasteiger partial charge in [0.1, 0.15) is 0 Å². The van der Waals surface area contributed by atoms with E-state index in [2.05, 4.69) is 0 Å². The molecule has 2 aromatic rings. The first-order valence-electron chi connectivity index (χ1n) is 11.6. The lowest BCUT2D eigenvalue weighted by Crippen LogP contribution is -2.48. The molecule has 2 aromatic carbocycles. The summed E-state index contributed by atoms with van der Waals surface area (Å²) in [6.07, 6.45) is -0.592. The normalized spacial score (nSPS) is 27.1. The van der Waals surface area contributed by atoms with Gasteiger partial charge in [-0.15, -0.1) is 0 Å². The number of morpholine rings is 2. The van der Waals surface area contributed by atoms with Crippen LogP contribution < -0.4 is 0 Å². The standard InChI is InChI=1S/C24H32N2O6S3/c1-17-13-25(14-18(2)31-17)34(27,28)23-9-5-21(6-10-23)33-22-7-11-24(12-8-22)35(29,30)26-15-19(3)32-20(4)16-26/h5-12,17-20H,13-16H2,1-4H3. The van der Waals surface area contributed by atoms with Crippen LogP contribution in [-0.2, 0) is 29.5 Å². The van der Waals surface area contributed by atoms with E-state index in [4.69, 9.17) is 9.47 Å². The highest BCUT2D eigenvalue weighted by Crippen LogP contribution is 2.31. The van der Waals surface area contributed by atoms with Gasteiger partial charge in [0, 0.05) is 36.0 Å². The van der Waals surface area contributed by atoms with E-state index in [0.717, 1.165) is 9.79 Å². The topological polar surface area (TPSA) is 93.2 Å².